The Hall–Kier alpha value is -2.33. The number of aromatic nitrogens is 2. The molecule has 0 unspecified atom stereocenters. The molecule has 0 amide bonds. The number of benzene rings is 1. The van der Waals surface area contributed by atoms with E-state index in [0.717, 1.165) is 6.26 Å². The first-order valence-electron chi connectivity index (χ1n) is 9.15. The van der Waals surface area contributed by atoms with Crippen LogP contribution in [0.1, 0.15) is 24.6 Å². The zero-order valence-electron chi connectivity index (χ0n) is 16.2. The molecule has 1 N–H and O–H groups in total. The fourth-order valence-corrected chi connectivity index (χ4v) is 4.60. The van der Waals surface area contributed by atoms with E-state index in [1.54, 1.807) is 17.9 Å². The highest BCUT2D eigenvalue weighted by Gasteiger charge is 2.45. The van der Waals surface area contributed by atoms with E-state index in [0.29, 0.717) is 11.1 Å². The molecule has 0 radical (unpaired) electrons. The van der Waals surface area contributed by atoms with Crippen LogP contribution in [0.3, 0.4) is 0 Å². The molecule has 1 aromatic heterocycles. The summed E-state index contributed by atoms with van der Waals surface area (Å²) in [5, 5.41) is 9.79. The lowest BCUT2D eigenvalue weighted by atomic mass is 10.0. The summed E-state index contributed by atoms with van der Waals surface area (Å²) in [5.74, 6) is -2.80. The van der Waals surface area contributed by atoms with Crippen LogP contribution < -0.4 is 9.64 Å². The van der Waals surface area contributed by atoms with Gasteiger partial charge in [-0.15, -0.1) is 0 Å². The van der Waals surface area contributed by atoms with Gasteiger partial charge in [0, 0.05) is 30.3 Å². The molecule has 156 valence electrons. The number of hydrogen-bond donors (Lipinski definition) is 1. The number of anilines is 1. The third-order valence-corrected chi connectivity index (χ3v) is 6.67. The average Bonchev–Trinajstić information content (AvgIpc) is 2.98. The molecule has 2 heterocycles. The van der Waals surface area contributed by atoms with E-state index < -0.39 is 21.9 Å². The van der Waals surface area contributed by atoms with Crippen LogP contribution in [0.5, 0.6) is 5.75 Å². The van der Waals surface area contributed by atoms with Gasteiger partial charge in [0.25, 0.3) is 5.92 Å². The second kappa shape index (κ2) is 6.60. The SMILES string of the molecule is COc1ccc(-c2nc(N3C[C@@H](O)[C@@H]3C)nc3c2CCC3(F)F)cc1S(C)(=O)=O. The summed E-state index contributed by atoms with van der Waals surface area (Å²) in [7, 11) is -2.25. The Kier molecular flexibility index (Phi) is 4.54. The van der Waals surface area contributed by atoms with Crippen LogP contribution in [0.15, 0.2) is 23.1 Å². The number of fused-ring (bicyclic) bond motifs is 1. The standard InChI is InChI=1S/C19H21F2N3O4S/c1-10-13(25)9-24(10)18-22-16(12-6-7-19(20,21)17(12)23-18)11-4-5-14(28-2)15(8-11)29(3,26)27/h4-5,8,10,13,25H,6-7,9H2,1-3H3/t10-,13+/m0/s1. The number of sulfone groups is 1. The van der Waals surface area contributed by atoms with Gasteiger partial charge in [0.1, 0.15) is 16.3 Å². The minimum absolute atomic E-state index is 0.0380. The molecule has 29 heavy (non-hydrogen) atoms. The van der Waals surface area contributed by atoms with Gasteiger partial charge in [-0.05, 0) is 31.5 Å². The lowest BCUT2D eigenvalue weighted by Crippen LogP contribution is -2.59. The number of ether oxygens (including phenoxy) is 1. The number of alkyl halides is 2. The monoisotopic (exact) mass is 425 g/mol. The van der Waals surface area contributed by atoms with Crippen LogP contribution in [-0.4, -0.2) is 55.5 Å². The fourth-order valence-electron chi connectivity index (χ4n) is 3.75. The molecule has 1 saturated heterocycles. The van der Waals surface area contributed by atoms with Crippen molar-refractivity contribution in [1.82, 2.24) is 9.97 Å². The highest BCUT2D eigenvalue weighted by Crippen LogP contribution is 2.45. The number of hydrogen-bond acceptors (Lipinski definition) is 7. The van der Waals surface area contributed by atoms with Gasteiger partial charge < -0.3 is 14.7 Å². The number of nitrogens with zero attached hydrogens (tertiary/aromatic N) is 3. The van der Waals surface area contributed by atoms with Crippen molar-refractivity contribution >= 4 is 15.8 Å². The van der Waals surface area contributed by atoms with Crippen molar-refractivity contribution in [1.29, 1.82) is 0 Å². The van der Waals surface area contributed by atoms with Crippen molar-refractivity contribution in [2.24, 2.45) is 0 Å². The zero-order valence-corrected chi connectivity index (χ0v) is 17.0. The van der Waals surface area contributed by atoms with Crippen molar-refractivity contribution < 1.29 is 27.0 Å². The van der Waals surface area contributed by atoms with E-state index in [1.807, 2.05) is 0 Å². The van der Waals surface area contributed by atoms with E-state index in [1.165, 1.54) is 19.2 Å². The molecule has 4 rings (SSSR count). The molecule has 1 aromatic carbocycles. The first-order valence-corrected chi connectivity index (χ1v) is 11.0. The maximum atomic E-state index is 14.5. The predicted octanol–water partition coefficient (Wildman–Crippen LogP) is 2.16. The normalized spacial score (nSPS) is 22.9. The lowest BCUT2D eigenvalue weighted by molar-refractivity contribution is -0.00603. The Balaban J connectivity index is 1.91. The van der Waals surface area contributed by atoms with E-state index in [-0.39, 0.29) is 53.4 Å². The van der Waals surface area contributed by atoms with Crippen molar-refractivity contribution in [3.05, 3.63) is 29.5 Å². The smallest absolute Gasteiger partial charge is 0.290 e. The van der Waals surface area contributed by atoms with Crippen molar-refractivity contribution in [3.8, 4) is 17.0 Å². The van der Waals surface area contributed by atoms with Crippen molar-refractivity contribution in [3.63, 3.8) is 0 Å². The summed E-state index contributed by atoms with van der Waals surface area (Å²) in [6.07, 6.45) is 0.201. The van der Waals surface area contributed by atoms with Gasteiger partial charge in [-0.2, -0.15) is 8.78 Å². The summed E-state index contributed by atoms with van der Waals surface area (Å²) in [6, 6.07) is 4.19. The van der Waals surface area contributed by atoms with Crippen molar-refractivity contribution in [2.75, 3.05) is 24.8 Å². The maximum Gasteiger partial charge on any atom is 0.290 e. The molecule has 2 atom stereocenters. The van der Waals surface area contributed by atoms with Crippen LogP contribution in [0.2, 0.25) is 0 Å². The molecule has 2 aromatic rings. The minimum Gasteiger partial charge on any atom is -0.495 e. The largest absolute Gasteiger partial charge is 0.495 e. The number of aliphatic hydroxyl groups is 1. The Bertz CT molecular complexity index is 1090. The predicted molar refractivity (Wildman–Crippen MR) is 102 cm³/mol. The second-order valence-electron chi connectivity index (χ2n) is 7.50. The van der Waals surface area contributed by atoms with Crippen molar-refractivity contribution in [2.45, 2.75) is 42.7 Å². The number of β-amino-alcohol motifs (C(OH)–C–C–N with tert-alkyl or cyclic N) is 1. The molecule has 0 spiro atoms. The first-order chi connectivity index (χ1) is 13.5. The lowest BCUT2D eigenvalue weighted by Gasteiger charge is -2.43. The Labute approximate surface area is 167 Å². The van der Waals surface area contributed by atoms with Gasteiger partial charge in [-0.1, -0.05) is 0 Å². The van der Waals surface area contributed by atoms with Gasteiger partial charge in [-0.25, -0.2) is 18.4 Å². The van der Waals surface area contributed by atoms with Gasteiger partial charge in [0.15, 0.2) is 9.84 Å². The molecule has 1 aliphatic carbocycles. The number of rotatable bonds is 4. The molecule has 7 nitrogen and oxygen atoms in total. The van der Waals surface area contributed by atoms with Gasteiger partial charge in [0.2, 0.25) is 5.95 Å². The van der Waals surface area contributed by atoms with Crippen LogP contribution in [0.4, 0.5) is 14.7 Å². The van der Waals surface area contributed by atoms with Gasteiger partial charge >= 0.3 is 0 Å². The molecule has 1 aliphatic heterocycles. The van der Waals surface area contributed by atoms with Crippen LogP contribution in [0.25, 0.3) is 11.3 Å². The topological polar surface area (TPSA) is 92.6 Å². The summed E-state index contributed by atoms with van der Waals surface area (Å²) < 4.78 is 58.5. The molecule has 0 bridgehead atoms. The van der Waals surface area contributed by atoms with Crippen LogP contribution in [-0.2, 0) is 22.2 Å². The molecular weight excluding hydrogens is 404 g/mol. The third-order valence-electron chi connectivity index (χ3n) is 5.56. The molecule has 10 heteroatoms. The summed E-state index contributed by atoms with van der Waals surface area (Å²) in [6.45, 7) is 2.01. The average molecular weight is 425 g/mol. The van der Waals surface area contributed by atoms with E-state index >= 15 is 0 Å². The zero-order chi connectivity index (χ0) is 21.1. The highest BCUT2D eigenvalue weighted by molar-refractivity contribution is 7.90. The molecule has 0 saturated carbocycles. The van der Waals surface area contributed by atoms with Gasteiger partial charge in [-0.3, -0.25) is 0 Å². The van der Waals surface area contributed by atoms with E-state index in [9.17, 15) is 22.3 Å². The maximum absolute atomic E-state index is 14.5. The summed E-state index contributed by atoms with van der Waals surface area (Å²) in [4.78, 5) is 10.2. The number of methoxy groups -OCH3 is 1. The van der Waals surface area contributed by atoms with Gasteiger partial charge in [0.05, 0.1) is 24.9 Å². The second-order valence-corrected chi connectivity index (χ2v) is 9.49. The highest BCUT2D eigenvalue weighted by atomic mass is 32.2. The Morgan fingerprint density at radius 1 is 1.31 bits per heavy atom. The molecule has 2 aliphatic rings. The minimum atomic E-state index is -3.61. The Morgan fingerprint density at radius 2 is 2.03 bits per heavy atom. The summed E-state index contributed by atoms with van der Waals surface area (Å²) >= 11 is 0. The summed E-state index contributed by atoms with van der Waals surface area (Å²) in [5.41, 5.74) is 0.667. The number of aliphatic hydroxyl groups excluding tert-OH is 1. The third kappa shape index (κ3) is 3.24. The first kappa shape index (κ1) is 20.0. The van der Waals surface area contributed by atoms with E-state index in [2.05, 4.69) is 9.97 Å². The van der Waals surface area contributed by atoms with Crippen LogP contribution >= 0.6 is 0 Å². The Morgan fingerprint density at radius 3 is 2.62 bits per heavy atom. The fraction of sp³-hybridized carbons (Fsp3) is 0.474. The molecular formula is C19H21F2N3O4S. The number of halogens is 2. The quantitative estimate of drug-likeness (QED) is 0.803. The van der Waals surface area contributed by atoms with Crippen LogP contribution in [0, 0.1) is 0 Å². The van der Waals surface area contributed by atoms with E-state index in [4.69, 9.17) is 4.74 Å². The molecule has 1 fully saturated rings.